The number of benzene rings is 2. The van der Waals surface area contributed by atoms with Crippen LogP contribution < -0.4 is 15.7 Å². The summed E-state index contributed by atoms with van der Waals surface area (Å²) in [6, 6.07) is 13.3. The Morgan fingerprint density at radius 1 is 1.26 bits per heavy atom. The van der Waals surface area contributed by atoms with E-state index in [0.29, 0.717) is 11.6 Å². The number of hydrogen-bond donors (Lipinski definition) is 2. The van der Waals surface area contributed by atoms with Crippen LogP contribution >= 0.6 is 0 Å². The van der Waals surface area contributed by atoms with Crippen molar-refractivity contribution in [2.24, 2.45) is 5.10 Å². The van der Waals surface area contributed by atoms with Crippen molar-refractivity contribution in [2.75, 3.05) is 12.5 Å². The number of aromatic amines is 1. The summed E-state index contributed by atoms with van der Waals surface area (Å²) in [7, 11) is 1.62. The molecule has 3 aromatic rings. The van der Waals surface area contributed by atoms with Gasteiger partial charge < -0.3 is 4.74 Å². The predicted molar refractivity (Wildman–Crippen MR) is 91.3 cm³/mol. The van der Waals surface area contributed by atoms with Gasteiger partial charge in [-0.2, -0.15) is 5.10 Å². The van der Waals surface area contributed by atoms with Gasteiger partial charge in [0.15, 0.2) is 0 Å². The van der Waals surface area contributed by atoms with Crippen LogP contribution in [0.5, 0.6) is 5.75 Å². The van der Waals surface area contributed by atoms with Crippen LogP contribution in [0.3, 0.4) is 0 Å². The zero-order valence-electron chi connectivity index (χ0n) is 12.8. The zero-order valence-corrected chi connectivity index (χ0v) is 12.8. The van der Waals surface area contributed by atoms with E-state index in [4.69, 9.17) is 4.74 Å². The Balaban J connectivity index is 1.95. The molecular formula is C17H16N4O2. The monoisotopic (exact) mass is 308 g/mol. The van der Waals surface area contributed by atoms with Crippen molar-refractivity contribution in [1.29, 1.82) is 0 Å². The SMILES string of the molecule is COc1ccc2ccccc2c1/C=N/Nc1nc(C)cc(=O)[nH]1. The molecule has 0 amide bonds. The van der Waals surface area contributed by atoms with Gasteiger partial charge in [0.2, 0.25) is 5.95 Å². The van der Waals surface area contributed by atoms with Gasteiger partial charge in [0.25, 0.3) is 5.56 Å². The molecule has 0 bridgehead atoms. The first kappa shape index (κ1) is 14.8. The lowest BCUT2D eigenvalue weighted by atomic mass is 10.0. The molecule has 1 heterocycles. The first-order chi connectivity index (χ1) is 11.2. The number of nitrogens with one attached hydrogen (secondary N) is 2. The van der Waals surface area contributed by atoms with Crippen molar-refractivity contribution >= 4 is 22.9 Å². The minimum Gasteiger partial charge on any atom is -0.496 e. The number of aryl methyl sites for hydroxylation is 1. The number of anilines is 1. The van der Waals surface area contributed by atoms with Gasteiger partial charge in [-0.25, -0.2) is 10.4 Å². The Morgan fingerprint density at radius 2 is 2.09 bits per heavy atom. The van der Waals surface area contributed by atoms with Gasteiger partial charge in [-0.1, -0.05) is 30.3 Å². The Hall–Kier alpha value is -3.15. The van der Waals surface area contributed by atoms with Crippen molar-refractivity contribution in [3.05, 3.63) is 64.1 Å². The summed E-state index contributed by atoms with van der Waals surface area (Å²) in [5, 5.41) is 6.29. The molecule has 0 aliphatic carbocycles. The molecule has 0 saturated carbocycles. The van der Waals surface area contributed by atoms with E-state index in [2.05, 4.69) is 20.5 Å². The van der Waals surface area contributed by atoms with E-state index in [1.165, 1.54) is 6.07 Å². The molecule has 2 N–H and O–H groups in total. The number of ether oxygens (including phenoxy) is 1. The number of hydrazone groups is 1. The molecule has 0 unspecified atom stereocenters. The van der Waals surface area contributed by atoms with Crippen LogP contribution in [0.15, 0.2) is 52.4 Å². The van der Waals surface area contributed by atoms with Crippen LogP contribution in [0.1, 0.15) is 11.3 Å². The maximum Gasteiger partial charge on any atom is 0.252 e. The Bertz CT molecular complexity index is 931. The largest absolute Gasteiger partial charge is 0.496 e. The molecule has 0 fully saturated rings. The van der Waals surface area contributed by atoms with Gasteiger partial charge in [0.05, 0.1) is 13.3 Å². The molecule has 116 valence electrons. The average molecular weight is 308 g/mol. The molecule has 0 aliphatic heterocycles. The maximum atomic E-state index is 11.4. The summed E-state index contributed by atoms with van der Waals surface area (Å²) < 4.78 is 5.40. The van der Waals surface area contributed by atoms with E-state index >= 15 is 0 Å². The fourth-order valence-corrected chi connectivity index (χ4v) is 2.38. The van der Waals surface area contributed by atoms with E-state index < -0.39 is 0 Å². The highest BCUT2D eigenvalue weighted by Gasteiger charge is 2.05. The lowest BCUT2D eigenvalue weighted by Crippen LogP contribution is -2.10. The molecule has 23 heavy (non-hydrogen) atoms. The smallest absolute Gasteiger partial charge is 0.252 e. The molecule has 0 aliphatic rings. The van der Waals surface area contributed by atoms with Gasteiger partial charge in [0, 0.05) is 17.3 Å². The van der Waals surface area contributed by atoms with Crippen LogP contribution in [0, 0.1) is 6.92 Å². The molecule has 2 aromatic carbocycles. The summed E-state index contributed by atoms with van der Waals surface area (Å²) in [5.41, 5.74) is 3.99. The Labute approximate surface area is 132 Å². The summed E-state index contributed by atoms with van der Waals surface area (Å²) in [4.78, 5) is 18.1. The third kappa shape index (κ3) is 3.21. The van der Waals surface area contributed by atoms with Crippen molar-refractivity contribution in [1.82, 2.24) is 9.97 Å². The number of H-pyrrole nitrogens is 1. The van der Waals surface area contributed by atoms with Gasteiger partial charge in [-0.3, -0.25) is 9.78 Å². The number of methoxy groups -OCH3 is 1. The molecular weight excluding hydrogens is 292 g/mol. The summed E-state index contributed by atoms with van der Waals surface area (Å²) in [6.07, 6.45) is 1.66. The molecule has 0 atom stereocenters. The van der Waals surface area contributed by atoms with Gasteiger partial charge >= 0.3 is 0 Å². The molecule has 1 aromatic heterocycles. The van der Waals surface area contributed by atoms with Gasteiger partial charge in [0.1, 0.15) is 5.75 Å². The molecule has 0 spiro atoms. The summed E-state index contributed by atoms with van der Waals surface area (Å²) in [6.45, 7) is 1.75. The van der Waals surface area contributed by atoms with Crippen molar-refractivity contribution in [3.8, 4) is 5.75 Å². The van der Waals surface area contributed by atoms with Crippen LogP contribution in [0.4, 0.5) is 5.95 Å². The average Bonchev–Trinajstić information content (AvgIpc) is 2.54. The first-order valence-corrected chi connectivity index (χ1v) is 7.10. The molecule has 0 saturated heterocycles. The minimum atomic E-state index is -0.224. The highest BCUT2D eigenvalue weighted by Crippen LogP contribution is 2.26. The molecule has 6 heteroatoms. The van der Waals surface area contributed by atoms with E-state index in [-0.39, 0.29) is 5.56 Å². The summed E-state index contributed by atoms with van der Waals surface area (Å²) in [5.74, 6) is 1.02. The second-order valence-corrected chi connectivity index (χ2v) is 5.01. The lowest BCUT2D eigenvalue weighted by Gasteiger charge is -2.08. The maximum absolute atomic E-state index is 11.4. The van der Waals surface area contributed by atoms with E-state index in [1.807, 2.05) is 36.4 Å². The fourth-order valence-electron chi connectivity index (χ4n) is 2.38. The fraction of sp³-hybridized carbons (Fsp3) is 0.118. The highest BCUT2D eigenvalue weighted by atomic mass is 16.5. The second kappa shape index (κ2) is 6.31. The van der Waals surface area contributed by atoms with E-state index in [0.717, 1.165) is 22.1 Å². The number of aromatic nitrogens is 2. The van der Waals surface area contributed by atoms with Crippen LogP contribution in [0.25, 0.3) is 10.8 Å². The van der Waals surface area contributed by atoms with Crippen molar-refractivity contribution in [3.63, 3.8) is 0 Å². The second-order valence-electron chi connectivity index (χ2n) is 5.01. The van der Waals surface area contributed by atoms with E-state index in [1.54, 1.807) is 20.2 Å². The first-order valence-electron chi connectivity index (χ1n) is 7.10. The molecule has 6 nitrogen and oxygen atoms in total. The van der Waals surface area contributed by atoms with Crippen LogP contribution in [-0.2, 0) is 0 Å². The van der Waals surface area contributed by atoms with Gasteiger partial charge in [-0.05, 0) is 23.8 Å². The van der Waals surface area contributed by atoms with E-state index in [9.17, 15) is 4.79 Å². The normalized spacial score (nSPS) is 11.0. The van der Waals surface area contributed by atoms with Crippen molar-refractivity contribution < 1.29 is 4.74 Å². The van der Waals surface area contributed by atoms with Gasteiger partial charge in [-0.15, -0.1) is 0 Å². The quantitative estimate of drug-likeness (QED) is 0.573. The number of fused-ring (bicyclic) bond motifs is 1. The highest BCUT2D eigenvalue weighted by molar-refractivity contribution is 6.02. The minimum absolute atomic E-state index is 0.224. The van der Waals surface area contributed by atoms with Crippen molar-refractivity contribution in [2.45, 2.75) is 6.92 Å². The standard InChI is InChI=1S/C17H16N4O2/c1-11-9-16(22)20-17(19-11)21-18-10-14-13-6-4-3-5-12(13)7-8-15(14)23-2/h3-10H,1-2H3,(H2,19,20,21,22)/b18-10+. The summed E-state index contributed by atoms with van der Waals surface area (Å²) >= 11 is 0. The Kier molecular flexibility index (Phi) is 4.05. The number of hydrogen-bond acceptors (Lipinski definition) is 5. The zero-order chi connectivity index (χ0) is 16.2. The van der Waals surface area contributed by atoms with Crippen LogP contribution in [-0.4, -0.2) is 23.3 Å². The predicted octanol–water partition coefficient (Wildman–Crippen LogP) is 2.69. The third-order valence-corrected chi connectivity index (χ3v) is 3.38. The number of rotatable bonds is 4. The topological polar surface area (TPSA) is 79.4 Å². The lowest BCUT2D eigenvalue weighted by molar-refractivity contribution is 0.415. The number of nitrogens with zero attached hydrogens (tertiary/aromatic N) is 2. The van der Waals surface area contributed by atoms with Crippen LogP contribution in [0.2, 0.25) is 0 Å². The third-order valence-electron chi connectivity index (χ3n) is 3.38. The molecule has 0 radical (unpaired) electrons. The molecule has 3 rings (SSSR count). The Morgan fingerprint density at radius 3 is 2.87 bits per heavy atom.